The van der Waals surface area contributed by atoms with Gasteiger partial charge in [0.15, 0.2) is 0 Å². The predicted molar refractivity (Wildman–Crippen MR) is 158 cm³/mol. The van der Waals surface area contributed by atoms with Crippen LogP contribution in [0.1, 0.15) is 72.3 Å². The van der Waals surface area contributed by atoms with E-state index in [1.807, 2.05) is 0 Å². The van der Waals surface area contributed by atoms with Crippen LogP contribution in [-0.2, 0) is 12.8 Å². The molecule has 1 aliphatic carbocycles. The highest BCUT2D eigenvalue weighted by atomic mass is 14.2. The molecule has 0 unspecified atom stereocenters. The Morgan fingerprint density at radius 1 is 0.657 bits per heavy atom. The molecule has 0 aromatic heterocycles. The highest BCUT2D eigenvalue weighted by Gasteiger charge is 2.14. The second-order valence-corrected chi connectivity index (χ2v) is 9.14. The maximum atomic E-state index is 4.19. The van der Waals surface area contributed by atoms with E-state index in [1.165, 1.54) is 59.9 Å². The van der Waals surface area contributed by atoms with Crippen LogP contribution in [0.4, 0.5) is 0 Å². The number of hydrogen-bond acceptors (Lipinski definition) is 0. The molecule has 0 nitrogen and oxygen atoms in total. The Kier molecular flexibility index (Phi) is 15.6. The lowest BCUT2D eigenvalue weighted by Crippen LogP contribution is -2.04. The molecule has 0 saturated heterocycles. The number of allylic oxidation sites excluding steroid dienone is 1. The Morgan fingerprint density at radius 3 is 1.71 bits per heavy atom. The average Bonchev–Trinajstić information content (AvgIpc) is 2.93. The van der Waals surface area contributed by atoms with Crippen molar-refractivity contribution in [3.63, 3.8) is 0 Å². The molecule has 0 amide bonds. The van der Waals surface area contributed by atoms with Gasteiger partial charge in [0.25, 0.3) is 0 Å². The summed E-state index contributed by atoms with van der Waals surface area (Å²) in [6.45, 7) is 20.5. The molecule has 0 spiro atoms. The maximum absolute atomic E-state index is 4.19. The molecule has 35 heavy (non-hydrogen) atoms. The lowest BCUT2D eigenvalue weighted by atomic mass is 9.84. The summed E-state index contributed by atoms with van der Waals surface area (Å²) in [6, 6.07) is 28.4. The smallest absolute Gasteiger partial charge is 0.00697 e. The van der Waals surface area contributed by atoms with Crippen LogP contribution in [-0.4, -0.2) is 0 Å². The Bertz CT molecular complexity index is 924. The molecule has 3 aromatic rings. The molecule has 1 saturated carbocycles. The van der Waals surface area contributed by atoms with Crippen molar-refractivity contribution in [3.05, 3.63) is 145 Å². The molecule has 0 bridgehead atoms. The van der Waals surface area contributed by atoms with Crippen molar-refractivity contribution >= 4 is 0 Å². The third kappa shape index (κ3) is 12.2. The summed E-state index contributed by atoms with van der Waals surface area (Å²) in [6.07, 6.45) is 10.3. The summed E-state index contributed by atoms with van der Waals surface area (Å²) in [5, 5.41) is 0. The van der Waals surface area contributed by atoms with Crippen LogP contribution < -0.4 is 0 Å². The lowest BCUT2D eigenvalue weighted by molar-refractivity contribution is 0.443. The Hall–Kier alpha value is -3.12. The molecule has 0 radical (unpaired) electrons. The summed E-state index contributed by atoms with van der Waals surface area (Å²) in [7, 11) is 0. The van der Waals surface area contributed by atoms with E-state index in [9.17, 15) is 0 Å². The standard InChI is InChI=1S/C18H20.C13H18.2C2H4/c1-15-8-12-18(13-9-15)14-16(2)10-11-17-6-4-3-5-7-17;1-11-7-9-13(10-8-11)12-5-3-2-4-6-12;2*1-2/h3-9,12-13H,2,10-11,14H2,1H3;7-10,12H,2-6H2,1H3;2*1-2H2. The van der Waals surface area contributed by atoms with Gasteiger partial charge >= 0.3 is 0 Å². The van der Waals surface area contributed by atoms with Gasteiger partial charge in [-0.2, -0.15) is 0 Å². The molecule has 0 N–H and O–H groups in total. The third-order valence-corrected chi connectivity index (χ3v) is 6.34. The van der Waals surface area contributed by atoms with Crippen LogP contribution in [0.3, 0.4) is 0 Å². The minimum absolute atomic E-state index is 0.856. The topological polar surface area (TPSA) is 0 Å². The van der Waals surface area contributed by atoms with Crippen LogP contribution in [0.5, 0.6) is 0 Å². The van der Waals surface area contributed by atoms with Crippen molar-refractivity contribution in [2.24, 2.45) is 0 Å². The maximum Gasteiger partial charge on any atom is -0.00697 e. The van der Waals surface area contributed by atoms with Crippen molar-refractivity contribution in [2.45, 2.75) is 71.1 Å². The lowest BCUT2D eigenvalue weighted by Gasteiger charge is -2.21. The minimum Gasteiger partial charge on any atom is -0.106 e. The van der Waals surface area contributed by atoms with E-state index in [4.69, 9.17) is 0 Å². The highest BCUT2D eigenvalue weighted by molar-refractivity contribution is 5.26. The molecule has 1 aliphatic rings. The Morgan fingerprint density at radius 2 is 1.17 bits per heavy atom. The van der Waals surface area contributed by atoms with Gasteiger partial charge in [-0.05, 0) is 68.6 Å². The van der Waals surface area contributed by atoms with Crippen LogP contribution in [0.25, 0.3) is 0 Å². The van der Waals surface area contributed by atoms with Gasteiger partial charge in [0.2, 0.25) is 0 Å². The first-order valence-electron chi connectivity index (χ1n) is 12.9. The van der Waals surface area contributed by atoms with Gasteiger partial charge in [0.1, 0.15) is 0 Å². The fourth-order valence-electron chi connectivity index (χ4n) is 4.32. The van der Waals surface area contributed by atoms with E-state index in [0.717, 1.165) is 25.2 Å². The Labute approximate surface area is 216 Å². The molecule has 186 valence electrons. The fraction of sp³-hybridized carbons (Fsp3) is 0.314. The van der Waals surface area contributed by atoms with Crippen molar-refractivity contribution in [1.29, 1.82) is 0 Å². The average molecular weight is 467 g/mol. The molecular formula is C35H46. The largest absolute Gasteiger partial charge is 0.106 e. The van der Waals surface area contributed by atoms with Crippen LogP contribution in [0, 0.1) is 13.8 Å². The van der Waals surface area contributed by atoms with Gasteiger partial charge in [0.05, 0.1) is 0 Å². The monoisotopic (exact) mass is 466 g/mol. The van der Waals surface area contributed by atoms with E-state index in [1.54, 1.807) is 5.56 Å². The quantitative estimate of drug-likeness (QED) is 0.317. The van der Waals surface area contributed by atoms with E-state index in [2.05, 4.69) is 126 Å². The van der Waals surface area contributed by atoms with E-state index in [-0.39, 0.29) is 0 Å². The minimum atomic E-state index is 0.856. The van der Waals surface area contributed by atoms with Gasteiger partial charge in [0, 0.05) is 0 Å². The zero-order chi connectivity index (χ0) is 25.9. The molecule has 4 rings (SSSR count). The predicted octanol–water partition coefficient (Wildman–Crippen LogP) is 10.4. The van der Waals surface area contributed by atoms with E-state index < -0.39 is 0 Å². The molecule has 0 atom stereocenters. The van der Waals surface area contributed by atoms with Gasteiger partial charge in [-0.25, -0.2) is 0 Å². The summed E-state index contributed by atoms with van der Waals surface area (Å²) >= 11 is 0. The van der Waals surface area contributed by atoms with E-state index in [0.29, 0.717) is 0 Å². The zero-order valence-corrected chi connectivity index (χ0v) is 22.3. The van der Waals surface area contributed by atoms with Gasteiger partial charge in [-0.15, -0.1) is 26.3 Å². The SMILES string of the molecule is C=C.C=C.C=C(CCc1ccccc1)Cc1ccc(C)cc1.Cc1ccc(C2CCCCC2)cc1. The number of hydrogen-bond donors (Lipinski definition) is 0. The third-order valence-electron chi connectivity index (χ3n) is 6.34. The van der Waals surface area contributed by atoms with Crippen molar-refractivity contribution in [1.82, 2.24) is 0 Å². The van der Waals surface area contributed by atoms with Crippen molar-refractivity contribution in [3.8, 4) is 0 Å². The first-order chi connectivity index (χ1) is 17.1. The van der Waals surface area contributed by atoms with Gasteiger partial charge in [-0.1, -0.05) is 121 Å². The molecule has 0 heteroatoms. The van der Waals surface area contributed by atoms with Crippen molar-refractivity contribution < 1.29 is 0 Å². The van der Waals surface area contributed by atoms with Crippen LogP contribution in [0.2, 0.25) is 0 Å². The zero-order valence-electron chi connectivity index (χ0n) is 22.3. The molecule has 1 fully saturated rings. The number of aryl methyl sites for hydroxylation is 3. The summed E-state index contributed by atoms with van der Waals surface area (Å²) in [5.74, 6) is 0.856. The molecular weight excluding hydrogens is 420 g/mol. The second kappa shape index (κ2) is 18.2. The number of rotatable bonds is 6. The summed E-state index contributed by atoms with van der Waals surface area (Å²) < 4.78 is 0. The Balaban J connectivity index is 0.000000318. The number of benzene rings is 3. The van der Waals surface area contributed by atoms with Crippen LogP contribution in [0.15, 0.2) is 117 Å². The molecule has 0 heterocycles. The molecule has 0 aliphatic heterocycles. The second-order valence-electron chi connectivity index (χ2n) is 9.14. The van der Waals surface area contributed by atoms with Crippen LogP contribution >= 0.6 is 0 Å². The van der Waals surface area contributed by atoms with Gasteiger partial charge < -0.3 is 0 Å². The molecule has 3 aromatic carbocycles. The van der Waals surface area contributed by atoms with E-state index >= 15 is 0 Å². The first-order valence-corrected chi connectivity index (χ1v) is 12.9. The van der Waals surface area contributed by atoms with Crippen molar-refractivity contribution in [2.75, 3.05) is 0 Å². The summed E-state index contributed by atoms with van der Waals surface area (Å²) in [4.78, 5) is 0. The highest BCUT2D eigenvalue weighted by Crippen LogP contribution is 2.32. The first kappa shape index (κ1) is 29.9. The fourth-order valence-corrected chi connectivity index (χ4v) is 4.32. The van der Waals surface area contributed by atoms with Gasteiger partial charge in [-0.3, -0.25) is 0 Å². The normalized spacial score (nSPS) is 12.5. The summed E-state index contributed by atoms with van der Waals surface area (Å²) in [5.41, 5.74) is 8.31.